The average molecular weight is 494 g/mol. The third-order valence-corrected chi connectivity index (χ3v) is 6.83. The van der Waals surface area contributed by atoms with Crippen LogP contribution in [0.1, 0.15) is 5.56 Å². The summed E-state index contributed by atoms with van der Waals surface area (Å²) in [7, 11) is 0. The summed E-state index contributed by atoms with van der Waals surface area (Å²) in [4.78, 5) is 27.9. The lowest BCUT2D eigenvalue weighted by Gasteiger charge is -2.18. The maximum atomic E-state index is 13.5. The van der Waals surface area contributed by atoms with E-state index in [9.17, 15) is 14.9 Å². The van der Waals surface area contributed by atoms with E-state index < -0.39 is 11.2 Å². The van der Waals surface area contributed by atoms with Gasteiger partial charge in [-0.2, -0.15) is 5.26 Å². The number of anilines is 2. The highest BCUT2D eigenvalue weighted by molar-refractivity contribution is 8.05. The molecule has 4 rings (SSSR count). The topological polar surface area (TPSA) is 73.2 Å². The molecule has 1 atom stereocenters. The molecule has 0 aromatic heterocycles. The standard InChI is InChI=1S/C25H17Cl2N3O2S/c26-17-11-12-21(27)16(13-17)14-22-24(32)30(19-9-5-2-6-10-19)25(33-22)20(15-28)23(31)29-18-7-3-1-4-8-18/h1-13,22H,14H2,(H,29,31)/b25-20-/t22-/m1/s1. The highest BCUT2D eigenvalue weighted by Gasteiger charge is 2.41. The number of hydrogen-bond donors (Lipinski definition) is 1. The predicted molar refractivity (Wildman–Crippen MR) is 133 cm³/mol. The Morgan fingerprint density at radius 1 is 1.03 bits per heavy atom. The van der Waals surface area contributed by atoms with Crippen LogP contribution in [0.4, 0.5) is 11.4 Å². The molecule has 0 unspecified atom stereocenters. The first-order chi connectivity index (χ1) is 16.0. The van der Waals surface area contributed by atoms with Gasteiger partial charge in [0.1, 0.15) is 16.7 Å². The molecule has 1 N–H and O–H groups in total. The van der Waals surface area contributed by atoms with Gasteiger partial charge >= 0.3 is 0 Å². The normalized spacial score (nSPS) is 16.9. The summed E-state index contributed by atoms with van der Waals surface area (Å²) < 4.78 is 0. The lowest BCUT2D eigenvalue weighted by Crippen LogP contribution is -2.30. The minimum atomic E-state index is -0.582. The molecule has 0 saturated carbocycles. The fraction of sp³-hybridized carbons (Fsp3) is 0.0800. The van der Waals surface area contributed by atoms with Gasteiger partial charge in [0.2, 0.25) is 5.91 Å². The third-order valence-electron chi connectivity index (χ3n) is 4.96. The van der Waals surface area contributed by atoms with Crippen molar-refractivity contribution >= 4 is 58.2 Å². The molecular weight excluding hydrogens is 477 g/mol. The maximum absolute atomic E-state index is 13.5. The number of nitriles is 1. The summed E-state index contributed by atoms with van der Waals surface area (Å²) in [6, 6.07) is 24.9. The van der Waals surface area contributed by atoms with Crippen LogP contribution < -0.4 is 10.2 Å². The number of halogens is 2. The van der Waals surface area contributed by atoms with E-state index in [-0.39, 0.29) is 16.5 Å². The zero-order chi connectivity index (χ0) is 23.4. The number of nitrogens with one attached hydrogen (secondary N) is 1. The van der Waals surface area contributed by atoms with Crippen molar-refractivity contribution in [2.24, 2.45) is 0 Å². The second-order valence-electron chi connectivity index (χ2n) is 7.17. The quantitative estimate of drug-likeness (QED) is 0.346. The van der Waals surface area contributed by atoms with E-state index in [1.165, 1.54) is 16.7 Å². The van der Waals surface area contributed by atoms with Gasteiger partial charge < -0.3 is 5.32 Å². The number of carbonyl (C=O) groups excluding carboxylic acids is 2. The number of para-hydroxylation sites is 2. The van der Waals surface area contributed by atoms with Gasteiger partial charge in [0.25, 0.3) is 5.91 Å². The van der Waals surface area contributed by atoms with Gasteiger partial charge in [0.15, 0.2) is 0 Å². The van der Waals surface area contributed by atoms with Gasteiger partial charge in [-0.05, 0) is 54.4 Å². The molecule has 1 heterocycles. The van der Waals surface area contributed by atoms with Crippen LogP contribution in [0.25, 0.3) is 0 Å². The van der Waals surface area contributed by atoms with Crippen LogP contribution in [0.3, 0.4) is 0 Å². The molecule has 1 aliphatic rings. The van der Waals surface area contributed by atoms with Crippen LogP contribution in [-0.2, 0) is 16.0 Å². The van der Waals surface area contributed by atoms with Crippen molar-refractivity contribution < 1.29 is 9.59 Å². The maximum Gasteiger partial charge on any atom is 0.269 e. The lowest BCUT2D eigenvalue weighted by molar-refractivity contribution is -0.117. The fourth-order valence-electron chi connectivity index (χ4n) is 3.41. The highest BCUT2D eigenvalue weighted by atomic mass is 35.5. The molecule has 0 aliphatic carbocycles. The summed E-state index contributed by atoms with van der Waals surface area (Å²) in [5.41, 5.74) is 1.71. The molecule has 8 heteroatoms. The van der Waals surface area contributed by atoms with E-state index in [4.69, 9.17) is 23.2 Å². The van der Waals surface area contributed by atoms with Gasteiger partial charge in [-0.1, -0.05) is 71.4 Å². The number of hydrogen-bond acceptors (Lipinski definition) is 4. The smallest absolute Gasteiger partial charge is 0.269 e. The molecule has 0 radical (unpaired) electrons. The summed E-state index contributed by atoms with van der Waals surface area (Å²) in [5.74, 6) is -0.820. The molecule has 3 aromatic rings. The van der Waals surface area contributed by atoms with Crippen molar-refractivity contribution in [2.75, 3.05) is 10.2 Å². The zero-order valence-corrected chi connectivity index (χ0v) is 19.5. The SMILES string of the molecule is N#C/C(C(=O)Nc1ccccc1)=C1/S[C@H](Cc2cc(Cl)ccc2Cl)C(=O)N1c1ccccc1. The first-order valence-corrected chi connectivity index (χ1v) is 11.6. The molecule has 2 amide bonds. The Morgan fingerprint density at radius 3 is 2.36 bits per heavy atom. The van der Waals surface area contributed by atoms with Gasteiger partial charge in [0, 0.05) is 21.4 Å². The molecule has 1 saturated heterocycles. The van der Waals surface area contributed by atoms with E-state index in [1.807, 2.05) is 18.2 Å². The Balaban J connectivity index is 1.73. The number of rotatable bonds is 5. The largest absolute Gasteiger partial charge is 0.321 e. The second-order valence-corrected chi connectivity index (χ2v) is 9.20. The van der Waals surface area contributed by atoms with E-state index >= 15 is 0 Å². The van der Waals surface area contributed by atoms with E-state index in [2.05, 4.69) is 5.32 Å². The second kappa shape index (κ2) is 10.1. The molecular formula is C25H17Cl2N3O2S. The lowest BCUT2D eigenvalue weighted by atomic mass is 10.1. The molecule has 1 fully saturated rings. The monoisotopic (exact) mass is 493 g/mol. The van der Waals surface area contributed by atoms with Gasteiger partial charge in [-0.25, -0.2) is 0 Å². The van der Waals surface area contributed by atoms with Crippen LogP contribution in [0.2, 0.25) is 10.0 Å². The summed E-state index contributed by atoms with van der Waals surface area (Å²) in [6.45, 7) is 0. The first-order valence-electron chi connectivity index (χ1n) is 9.98. The van der Waals surface area contributed by atoms with Crippen molar-refractivity contribution in [1.29, 1.82) is 5.26 Å². The highest BCUT2D eigenvalue weighted by Crippen LogP contribution is 2.42. The van der Waals surface area contributed by atoms with E-state index in [1.54, 1.807) is 66.7 Å². The molecule has 3 aromatic carbocycles. The third kappa shape index (κ3) is 5.07. The number of amides is 2. The van der Waals surface area contributed by atoms with Crippen molar-refractivity contribution in [3.05, 3.63) is 105 Å². The predicted octanol–water partition coefficient (Wildman–Crippen LogP) is 6.06. The van der Waals surface area contributed by atoms with Crippen molar-refractivity contribution in [2.45, 2.75) is 11.7 Å². The molecule has 0 spiro atoms. The number of carbonyl (C=O) groups is 2. The first kappa shape index (κ1) is 22.9. The van der Waals surface area contributed by atoms with Gasteiger partial charge in [-0.15, -0.1) is 0 Å². The van der Waals surface area contributed by atoms with Crippen LogP contribution >= 0.6 is 35.0 Å². The molecule has 1 aliphatic heterocycles. The summed E-state index contributed by atoms with van der Waals surface area (Å²) >= 11 is 13.6. The van der Waals surface area contributed by atoms with Crippen molar-refractivity contribution in [3.8, 4) is 6.07 Å². The minimum Gasteiger partial charge on any atom is -0.321 e. The molecule has 33 heavy (non-hydrogen) atoms. The van der Waals surface area contributed by atoms with Gasteiger partial charge in [0.05, 0.1) is 5.25 Å². The molecule has 164 valence electrons. The van der Waals surface area contributed by atoms with Crippen molar-refractivity contribution in [1.82, 2.24) is 0 Å². The number of thioether (sulfide) groups is 1. The van der Waals surface area contributed by atoms with Crippen LogP contribution in [0, 0.1) is 11.3 Å². The molecule has 5 nitrogen and oxygen atoms in total. The van der Waals surface area contributed by atoms with E-state index in [0.29, 0.717) is 27.8 Å². The zero-order valence-electron chi connectivity index (χ0n) is 17.2. The van der Waals surface area contributed by atoms with Crippen LogP contribution in [0.5, 0.6) is 0 Å². The average Bonchev–Trinajstić information content (AvgIpc) is 3.13. The fourth-order valence-corrected chi connectivity index (χ4v) is 5.10. The Kier molecular flexibility index (Phi) is 7.05. The summed E-state index contributed by atoms with van der Waals surface area (Å²) in [5, 5.41) is 13.3. The Labute approximate surface area is 205 Å². The number of benzene rings is 3. The number of nitrogens with zero attached hydrogens (tertiary/aromatic N) is 2. The van der Waals surface area contributed by atoms with Crippen LogP contribution in [0.15, 0.2) is 89.5 Å². The molecule has 0 bridgehead atoms. The van der Waals surface area contributed by atoms with Crippen molar-refractivity contribution in [3.63, 3.8) is 0 Å². The van der Waals surface area contributed by atoms with E-state index in [0.717, 1.165) is 5.56 Å². The van der Waals surface area contributed by atoms with Crippen LogP contribution in [-0.4, -0.2) is 17.1 Å². The minimum absolute atomic E-state index is 0.138. The Bertz CT molecular complexity index is 1270. The van der Waals surface area contributed by atoms with Gasteiger partial charge in [-0.3, -0.25) is 14.5 Å². The Hall–Kier alpha value is -3.24. The summed E-state index contributed by atoms with van der Waals surface area (Å²) in [6.07, 6.45) is 0.300. The Morgan fingerprint density at radius 2 is 1.70 bits per heavy atom.